The lowest BCUT2D eigenvalue weighted by atomic mass is 10.1. The maximum absolute atomic E-state index is 12.8. The third-order valence-corrected chi connectivity index (χ3v) is 4.98. The van der Waals surface area contributed by atoms with Crippen LogP contribution in [0.4, 0.5) is 18.2 Å². The van der Waals surface area contributed by atoms with Gasteiger partial charge in [-0.2, -0.15) is 18.3 Å². The predicted molar refractivity (Wildman–Crippen MR) is 97.1 cm³/mol. The van der Waals surface area contributed by atoms with Gasteiger partial charge >= 0.3 is 18.1 Å². The third kappa shape index (κ3) is 4.75. The minimum Gasteiger partial charge on any atom is -0.465 e. The molecule has 0 aliphatic rings. The van der Waals surface area contributed by atoms with Crippen molar-refractivity contribution in [2.75, 3.05) is 19.0 Å². The first kappa shape index (κ1) is 22.4. The summed E-state index contributed by atoms with van der Waals surface area (Å²) < 4.78 is 49.0. The number of thiophene rings is 1. The summed E-state index contributed by atoms with van der Waals surface area (Å²) in [7, 11) is 2.34. The highest BCUT2D eigenvalue weighted by molar-refractivity contribution is 7.18. The molecule has 0 aliphatic heterocycles. The van der Waals surface area contributed by atoms with Crippen molar-refractivity contribution in [1.29, 1.82) is 0 Å². The Kier molecular flexibility index (Phi) is 6.67. The summed E-state index contributed by atoms with van der Waals surface area (Å²) in [5, 5.41) is 5.61. The summed E-state index contributed by atoms with van der Waals surface area (Å²) in [6.07, 6.45) is -4.17. The molecule has 158 valence electrons. The molecule has 0 aromatic carbocycles. The number of ether oxygens (including phenoxy) is 2. The SMILES string of the molecule is CCCOC(=O)c1c(NC(=O)c2cc(C(F)(F)F)nn2C)sc(C(=O)OC)c1C. The monoisotopic (exact) mass is 433 g/mol. The number of nitrogens with zero attached hydrogens (tertiary/aromatic N) is 2. The molecule has 0 unspecified atom stereocenters. The van der Waals surface area contributed by atoms with E-state index in [-0.39, 0.29) is 33.3 Å². The van der Waals surface area contributed by atoms with Gasteiger partial charge in [0.2, 0.25) is 0 Å². The summed E-state index contributed by atoms with van der Waals surface area (Å²) in [5.74, 6) is -2.43. The number of hydrogen-bond acceptors (Lipinski definition) is 7. The number of nitrogens with one attached hydrogen (secondary N) is 1. The number of anilines is 1. The first-order chi connectivity index (χ1) is 13.5. The number of carbonyl (C=O) groups excluding carboxylic acids is 3. The second kappa shape index (κ2) is 8.64. The number of amides is 1. The van der Waals surface area contributed by atoms with Gasteiger partial charge in [-0.05, 0) is 18.9 Å². The fraction of sp³-hybridized carbons (Fsp3) is 0.412. The van der Waals surface area contributed by atoms with Crippen molar-refractivity contribution in [2.24, 2.45) is 7.05 Å². The van der Waals surface area contributed by atoms with Crippen LogP contribution in [0.2, 0.25) is 0 Å². The van der Waals surface area contributed by atoms with Gasteiger partial charge in [-0.1, -0.05) is 6.92 Å². The standard InChI is InChI=1S/C17H18F3N3O5S/c1-5-6-28-15(25)11-8(2)12(16(26)27-4)29-14(11)21-13(24)9-7-10(17(18,19)20)22-23(9)3/h7H,5-6H2,1-4H3,(H,21,24). The van der Waals surface area contributed by atoms with Crippen LogP contribution in [0.1, 0.15) is 55.1 Å². The largest absolute Gasteiger partial charge is 0.465 e. The van der Waals surface area contributed by atoms with E-state index in [1.54, 1.807) is 6.92 Å². The molecular formula is C17H18F3N3O5S. The average Bonchev–Trinajstić information content (AvgIpc) is 3.19. The van der Waals surface area contributed by atoms with Crippen molar-refractivity contribution in [2.45, 2.75) is 26.4 Å². The van der Waals surface area contributed by atoms with Crippen LogP contribution in [-0.4, -0.2) is 41.3 Å². The molecule has 2 rings (SSSR count). The number of carbonyl (C=O) groups is 3. The van der Waals surface area contributed by atoms with Crippen LogP contribution in [-0.2, 0) is 22.7 Å². The van der Waals surface area contributed by atoms with Gasteiger partial charge in [0, 0.05) is 13.1 Å². The zero-order valence-corrected chi connectivity index (χ0v) is 16.8. The van der Waals surface area contributed by atoms with Crippen molar-refractivity contribution in [1.82, 2.24) is 9.78 Å². The van der Waals surface area contributed by atoms with Gasteiger partial charge in [0.1, 0.15) is 15.6 Å². The van der Waals surface area contributed by atoms with E-state index < -0.39 is 29.7 Å². The zero-order chi connectivity index (χ0) is 21.9. The second-order valence-electron chi connectivity index (χ2n) is 5.88. The van der Waals surface area contributed by atoms with Crippen molar-refractivity contribution in [3.8, 4) is 0 Å². The first-order valence-electron chi connectivity index (χ1n) is 8.32. The van der Waals surface area contributed by atoms with Crippen molar-refractivity contribution >= 4 is 34.2 Å². The summed E-state index contributed by atoms with van der Waals surface area (Å²) in [6, 6.07) is 0.589. The lowest BCUT2D eigenvalue weighted by molar-refractivity contribution is -0.141. The molecular weight excluding hydrogens is 415 g/mol. The van der Waals surface area contributed by atoms with E-state index >= 15 is 0 Å². The van der Waals surface area contributed by atoms with Crippen LogP contribution >= 0.6 is 11.3 Å². The topological polar surface area (TPSA) is 99.5 Å². The van der Waals surface area contributed by atoms with E-state index in [1.807, 2.05) is 0 Å². The van der Waals surface area contributed by atoms with Gasteiger partial charge in [-0.25, -0.2) is 9.59 Å². The molecule has 29 heavy (non-hydrogen) atoms. The lowest BCUT2D eigenvalue weighted by Gasteiger charge is -2.07. The molecule has 0 saturated carbocycles. The molecule has 8 nitrogen and oxygen atoms in total. The van der Waals surface area contributed by atoms with Gasteiger partial charge in [0.05, 0.1) is 19.3 Å². The second-order valence-corrected chi connectivity index (χ2v) is 6.90. The Labute approximate surface area is 167 Å². The number of halogens is 3. The number of rotatable bonds is 6. The van der Waals surface area contributed by atoms with E-state index in [9.17, 15) is 27.6 Å². The molecule has 0 fully saturated rings. The van der Waals surface area contributed by atoms with Gasteiger partial charge in [-0.3, -0.25) is 9.48 Å². The predicted octanol–water partition coefficient (Wildman–Crippen LogP) is 3.41. The molecule has 1 amide bonds. The number of esters is 2. The highest BCUT2D eigenvalue weighted by Gasteiger charge is 2.36. The molecule has 1 N–H and O–H groups in total. The molecule has 0 radical (unpaired) electrons. The van der Waals surface area contributed by atoms with Crippen LogP contribution in [0.5, 0.6) is 0 Å². The van der Waals surface area contributed by atoms with Crippen LogP contribution in [0.3, 0.4) is 0 Å². The molecule has 2 aromatic heterocycles. The van der Waals surface area contributed by atoms with Crippen LogP contribution in [0.25, 0.3) is 0 Å². The average molecular weight is 433 g/mol. The van der Waals surface area contributed by atoms with Crippen LogP contribution in [0, 0.1) is 6.92 Å². The fourth-order valence-corrected chi connectivity index (χ4v) is 3.50. The minimum atomic E-state index is -4.72. The van der Waals surface area contributed by atoms with Gasteiger partial charge in [0.15, 0.2) is 5.69 Å². The van der Waals surface area contributed by atoms with Gasteiger partial charge < -0.3 is 14.8 Å². The van der Waals surface area contributed by atoms with E-state index in [2.05, 4.69) is 15.2 Å². The molecule has 0 atom stereocenters. The Morgan fingerprint density at radius 3 is 2.45 bits per heavy atom. The maximum Gasteiger partial charge on any atom is 0.435 e. The van der Waals surface area contributed by atoms with Gasteiger partial charge in [-0.15, -0.1) is 11.3 Å². The molecule has 0 aliphatic carbocycles. The summed E-state index contributed by atoms with van der Waals surface area (Å²) in [6.45, 7) is 3.38. The van der Waals surface area contributed by atoms with E-state index in [1.165, 1.54) is 14.0 Å². The van der Waals surface area contributed by atoms with Gasteiger partial charge in [0.25, 0.3) is 5.91 Å². The number of aryl methyl sites for hydroxylation is 1. The number of hydrogen-bond donors (Lipinski definition) is 1. The van der Waals surface area contributed by atoms with Crippen LogP contribution < -0.4 is 5.32 Å². The Hall–Kier alpha value is -2.89. The molecule has 0 spiro atoms. The molecule has 0 bridgehead atoms. The van der Waals surface area contributed by atoms with Crippen molar-refractivity contribution in [3.63, 3.8) is 0 Å². The zero-order valence-electron chi connectivity index (χ0n) is 16.0. The van der Waals surface area contributed by atoms with Crippen LogP contribution in [0.15, 0.2) is 6.07 Å². The first-order valence-corrected chi connectivity index (χ1v) is 9.14. The minimum absolute atomic E-state index is 0.0382. The summed E-state index contributed by atoms with van der Waals surface area (Å²) in [5.41, 5.74) is -1.43. The summed E-state index contributed by atoms with van der Waals surface area (Å²) >= 11 is 0.763. The smallest absolute Gasteiger partial charge is 0.435 e. The highest BCUT2D eigenvalue weighted by atomic mass is 32.1. The lowest BCUT2D eigenvalue weighted by Crippen LogP contribution is -2.17. The normalized spacial score (nSPS) is 11.3. The van der Waals surface area contributed by atoms with Crippen molar-refractivity contribution < 1.29 is 37.0 Å². The Balaban J connectivity index is 2.43. The Morgan fingerprint density at radius 1 is 1.28 bits per heavy atom. The maximum atomic E-state index is 12.8. The molecule has 2 heterocycles. The molecule has 0 saturated heterocycles. The molecule has 12 heteroatoms. The summed E-state index contributed by atoms with van der Waals surface area (Å²) in [4.78, 5) is 36.9. The third-order valence-electron chi connectivity index (χ3n) is 3.79. The number of alkyl halides is 3. The number of aromatic nitrogens is 2. The highest BCUT2D eigenvalue weighted by Crippen LogP contribution is 2.35. The fourth-order valence-electron chi connectivity index (χ4n) is 2.39. The molecule has 2 aromatic rings. The number of methoxy groups -OCH3 is 1. The van der Waals surface area contributed by atoms with E-state index in [0.29, 0.717) is 12.5 Å². The quantitative estimate of drug-likeness (QED) is 0.701. The Bertz CT molecular complexity index is 949. The van der Waals surface area contributed by atoms with E-state index in [0.717, 1.165) is 23.1 Å². The van der Waals surface area contributed by atoms with E-state index in [4.69, 9.17) is 4.74 Å². The van der Waals surface area contributed by atoms with Crippen molar-refractivity contribution in [3.05, 3.63) is 33.5 Å². The Morgan fingerprint density at radius 2 is 1.93 bits per heavy atom.